The molecular formula is C16H24F3IN4O4S. The lowest BCUT2D eigenvalue weighted by Gasteiger charge is -2.32. The summed E-state index contributed by atoms with van der Waals surface area (Å²) in [5.74, 6) is 1.05. The molecule has 13 heteroatoms. The lowest BCUT2D eigenvalue weighted by molar-refractivity contribution is -0.0494. The fraction of sp³-hybridized carbons (Fsp3) is 0.562. The van der Waals surface area contributed by atoms with Gasteiger partial charge in [0.2, 0.25) is 0 Å². The van der Waals surface area contributed by atoms with Crippen molar-refractivity contribution in [1.82, 2.24) is 14.9 Å². The van der Waals surface area contributed by atoms with E-state index in [2.05, 4.69) is 15.6 Å². The number of rotatable bonds is 5. The average molecular weight is 552 g/mol. The van der Waals surface area contributed by atoms with Crippen LogP contribution in [0.2, 0.25) is 0 Å². The van der Waals surface area contributed by atoms with E-state index in [1.165, 1.54) is 20.2 Å². The van der Waals surface area contributed by atoms with Crippen molar-refractivity contribution in [2.75, 3.05) is 27.2 Å². The molecule has 0 saturated carbocycles. The van der Waals surface area contributed by atoms with Crippen LogP contribution in [-0.2, 0) is 16.6 Å². The highest BCUT2D eigenvalue weighted by molar-refractivity contribution is 14.0. The maximum Gasteiger partial charge on any atom is 0.511 e. The molecule has 0 bridgehead atoms. The maximum absolute atomic E-state index is 12.6. The molecule has 1 saturated heterocycles. The summed E-state index contributed by atoms with van der Waals surface area (Å²) in [4.78, 5) is 4.05. The minimum Gasteiger partial charge on any atom is -0.508 e. The number of nitrogens with zero attached hydrogens (tertiary/aromatic N) is 2. The Morgan fingerprint density at radius 3 is 2.48 bits per heavy atom. The van der Waals surface area contributed by atoms with E-state index in [0.29, 0.717) is 21.6 Å². The number of piperidine rings is 1. The largest absolute Gasteiger partial charge is 0.511 e. The average Bonchev–Trinajstić information content (AvgIpc) is 2.65. The zero-order valence-corrected chi connectivity index (χ0v) is 19.0. The highest BCUT2D eigenvalue weighted by atomic mass is 127. The Kier molecular flexibility index (Phi) is 9.27. The lowest BCUT2D eigenvalue weighted by atomic mass is 10.1. The van der Waals surface area contributed by atoms with E-state index in [4.69, 9.17) is 4.74 Å². The number of benzene rings is 1. The number of alkyl halides is 3. The Labute approximate surface area is 184 Å². The van der Waals surface area contributed by atoms with Gasteiger partial charge < -0.3 is 20.5 Å². The SMILES string of the molecule is CN=C(NCc1cc(OC)ccc1O)NC1CCN(S(=O)(=O)C(F)(F)F)CC1.I. The molecule has 0 unspecified atom stereocenters. The van der Waals surface area contributed by atoms with Crippen molar-refractivity contribution in [2.45, 2.75) is 30.9 Å². The van der Waals surface area contributed by atoms with Gasteiger partial charge in [-0.2, -0.15) is 17.5 Å². The molecule has 1 heterocycles. The highest BCUT2D eigenvalue weighted by Gasteiger charge is 2.50. The summed E-state index contributed by atoms with van der Waals surface area (Å²) in [5, 5.41) is 16.0. The van der Waals surface area contributed by atoms with Gasteiger partial charge in [0.25, 0.3) is 0 Å². The summed E-state index contributed by atoms with van der Waals surface area (Å²) in [6.07, 6.45) is 0.417. The first kappa shape index (κ1) is 25.6. The van der Waals surface area contributed by atoms with Gasteiger partial charge in [0.05, 0.1) is 7.11 Å². The number of nitrogens with one attached hydrogen (secondary N) is 2. The number of halogens is 4. The molecule has 8 nitrogen and oxygen atoms in total. The molecule has 2 rings (SSSR count). The molecule has 0 aromatic heterocycles. The normalized spacial score (nSPS) is 16.8. The fourth-order valence-electron chi connectivity index (χ4n) is 2.78. The number of sulfonamides is 1. The fourth-order valence-corrected chi connectivity index (χ4v) is 3.77. The summed E-state index contributed by atoms with van der Waals surface area (Å²) in [7, 11) is -2.25. The number of guanidine groups is 1. The molecule has 0 radical (unpaired) electrons. The van der Waals surface area contributed by atoms with E-state index < -0.39 is 15.5 Å². The van der Waals surface area contributed by atoms with E-state index in [0.717, 1.165) is 0 Å². The summed E-state index contributed by atoms with van der Waals surface area (Å²) < 4.78 is 66.3. The second-order valence-corrected chi connectivity index (χ2v) is 8.12. The number of phenols is 1. The van der Waals surface area contributed by atoms with Crippen LogP contribution >= 0.6 is 24.0 Å². The molecule has 29 heavy (non-hydrogen) atoms. The molecule has 3 N–H and O–H groups in total. The first-order chi connectivity index (χ1) is 13.1. The molecule has 0 atom stereocenters. The standard InChI is InChI=1S/C16H23F3N4O4S.HI/c1-20-15(21-10-11-9-13(27-2)3-4-14(11)24)22-12-5-7-23(8-6-12)28(25,26)16(17,18)19;/h3-4,9,12,24H,5-8,10H2,1-2H3,(H2,20,21,22);1H. The number of aromatic hydroxyl groups is 1. The number of aliphatic imine (C=N–C) groups is 1. The van der Waals surface area contributed by atoms with Crippen molar-refractivity contribution in [1.29, 1.82) is 0 Å². The number of ether oxygens (including phenoxy) is 1. The van der Waals surface area contributed by atoms with Gasteiger partial charge in [0, 0.05) is 38.3 Å². The molecule has 0 aliphatic carbocycles. The second kappa shape index (κ2) is 10.5. The van der Waals surface area contributed by atoms with E-state index in [1.54, 1.807) is 12.1 Å². The zero-order chi connectivity index (χ0) is 20.9. The van der Waals surface area contributed by atoms with Crippen LogP contribution < -0.4 is 15.4 Å². The third-order valence-electron chi connectivity index (χ3n) is 4.38. The van der Waals surface area contributed by atoms with Crippen LogP contribution in [0.15, 0.2) is 23.2 Å². The summed E-state index contributed by atoms with van der Waals surface area (Å²) in [6.45, 7) is -0.218. The van der Waals surface area contributed by atoms with Crippen LogP contribution in [0.5, 0.6) is 11.5 Å². The Morgan fingerprint density at radius 2 is 1.97 bits per heavy atom. The summed E-state index contributed by atoms with van der Waals surface area (Å²) in [6, 6.07) is 4.55. The molecule has 1 aromatic carbocycles. The molecule has 1 aliphatic rings. The monoisotopic (exact) mass is 552 g/mol. The lowest BCUT2D eigenvalue weighted by Crippen LogP contribution is -2.51. The topological polar surface area (TPSA) is 103 Å². The number of phenolic OH excluding ortho intramolecular Hbond substituents is 1. The Morgan fingerprint density at radius 1 is 1.34 bits per heavy atom. The molecule has 1 fully saturated rings. The van der Waals surface area contributed by atoms with Gasteiger partial charge in [0.1, 0.15) is 11.5 Å². The number of hydrogen-bond acceptors (Lipinski definition) is 5. The molecule has 166 valence electrons. The zero-order valence-electron chi connectivity index (χ0n) is 15.9. The molecular weight excluding hydrogens is 528 g/mol. The highest BCUT2D eigenvalue weighted by Crippen LogP contribution is 2.29. The predicted octanol–water partition coefficient (Wildman–Crippen LogP) is 2.00. The first-order valence-corrected chi connectivity index (χ1v) is 9.92. The Bertz CT molecular complexity index is 813. The minimum atomic E-state index is -5.29. The van der Waals surface area contributed by atoms with Crippen molar-refractivity contribution >= 4 is 40.0 Å². The van der Waals surface area contributed by atoms with Gasteiger partial charge in [-0.3, -0.25) is 4.99 Å². The number of hydrogen-bond donors (Lipinski definition) is 3. The van der Waals surface area contributed by atoms with Gasteiger partial charge in [0.15, 0.2) is 5.96 Å². The van der Waals surface area contributed by atoms with Gasteiger partial charge in [-0.25, -0.2) is 8.42 Å². The Hall–Kier alpha value is -1.48. The van der Waals surface area contributed by atoms with Gasteiger partial charge in [-0.05, 0) is 31.0 Å². The van der Waals surface area contributed by atoms with E-state index >= 15 is 0 Å². The predicted molar refractivity (Wildman–Crippen MR) is 113 cm³/mol. The van der Waals surface area contributed by atoms with Crippen molar-refractivity contribution in [2.24, 2.45) is 4.99 Å². The van der Waals surface area contributed by atoms with Gasteiger partial charge in [-0.1, -0.05) is 0 Å². The van der Waals surface area contributed by atoms with Crippen LogP contribution in [0.1, 0.15) is 18.4 Å². The van der Waals surface area contributed by atoms with Crippen LogP contribution in [0, 0.1) is 0 Å². The summed E-state index contributed by atoms with van der Waals surface area (Å²) in [5.41, 5.74) is -4.71. The Balaban J connectivity index is 0.00000420. The first-order valence-electron chi connectivity index (χ1n) is 8.48. The van der Waals surface area contributed by atoms with Crippen molar-refractivity contribution < 1.29 is 31.4 Å². The van der Waals surface area contributed by atoms with Crippen molar-refractivity contribution in [3.63, 3.8) is 0 Å². The molecule has 0 spiro atoms. The van der Waals surface area contributed by atoms with E-state index in [1.807, 2.05) is 0 Å². The quantitative estimate of drug-likeness (QED) is 0.294. The van der Waals surface area contributed by atoms with Crippen molar-refractivity contribution in [3.05, 3.63) is 23.8 Å². The molecule has 1 aromatic rings. The van der Waals surface area contributed by atoms with Crippen LogP contribution in [0.25, 0.3) is 0 Å². The second-order valence-electron chi connectivity index (χ2n) is 6.19. The number of methoxy groups -OCH3 is 1. The maximum atomic E-state index is 12.6. The van der Waals surface area contributed by atoms with E-state index in [9.17, 15) is 26.7 Å². The molecule has 1 aliphatic heterocycles. The van der Waals surface area contributed by atoms with Crippen LogP contribution in [0.3, 0.4) is 0 Å². The van der Waals surface area contributed by atoms with Crippen molar-refractivity contribution in [3.8, 4) is 11.5 Å². The van der Waals surface area contributed by atoms with E-state index in [-0.39, 0.29) is 68.2 Å². The minimum absolute atomic E-state index is 0. The third kappa shape index (κ3) is 6.50. The smallest absolute Gasteiger partial charge is 0.508 e. The van der Waals surface area contributed by atoms with Crippen LogP contribution in [0.4, 0.5) is 13.2 Å². The van der Waals surface area contributed by atoms with Gasteiger partial charge >= 0.3 is 15.5 Å². The molecule has 0 amide bonds. The van der Waals surface area contributed by atoms with Gasteiger partial charge in [-0.15, -0.1) is 24.0 Å². The summed E-state index contributed by atoms with van der Waals surface area (Å²) >= 11 is 0. The third-order valence-corrected chi connectivity index (χ3v) is 6.01. The van der Waals surface area contributed by atoms with Crippen LogP contribution in [-0.4, -0.2) is 62.6 Å².